The third-order valence-corrected chi connectivity index (χ3v) is 3.81. The number of nitriles is 1. The van der Waals surface area contributed by atoms with Crippen molar-refractivity contribution in [2.24, 2.45) is 5.92 Å². The molecule has 0 amide bonds. The van der Waals surface area contributed by atoms with Crippen LogP contribution in [0.4, 0.5) is 5.82 Å². The topological polar surface area (TPSA) is 52.0 Å². The molecule has 2 aliphatic rings. The Hall–Kier alpha value is -1.60. The number of fused-ring (bicyclic) bond motifs is 1. The van der Waals surface area contributed by atoms with Crippen molar-refractivity contribution in [2.75, 3.05) is 24.5 Å². The molecular weight excluding hydrogens is 212 g/mol. The van der Waals surface area contributed by atoms with Crippen molar-refractivity contribution in [1.29, 1.82) is 5.26 Å². The lowest BCUT2D eigenvalue weighted by molar-refractivity contribution is 0.340. The quantitative estimate of drug-likeness (QED) is 0.783. The summed E-state index contributed by atoms with van der Waals surface area (Å²) in [6, 6.07) is 6.48. The van der Waals surface area contributed by atoms with Gasteiger partial charge in [0.25, 0.3) is 0 Å². The van der Waals surface area contributed by atoms with Gasteiger partial charge in [-0.05, 0) is 37.4 Å². The van der Waals surface area contributed by atoms with E-state index in [0.717, 1.165) is 31.4 Å². The largest absolute Gasteiger partial charge is 0.354 e. The summed E-state index contributed by atoms with van der Waals surface area (Å²) in [7, 11) is 0. The van der Waals surface area contributed by atoms with Crippen LogP contribution in [0, 0.1) is 17.2 Å². The van der Waals surface area contributed by atoms with Gasteiger partial charge in [0, 0.05) is 25.3 Å². The highest BCUT2D eigenvalue weighted by Crippen LogP contribution is 2.29. The number of anilines is 1. The van der Waals surface area contributed by atoms with E-state index < -0.39 is 0 Å². The first-order valence-corrected chi connectivity index (χ1v) is 6.22. The van der Waals surface area contributed by atoms with Gasteiger partial charge in [0.05, 0.1) is 5.56 Å². The number of rotatable bonds is 1. The van der Waals surface area contributed by atoms with Crippen LogP contribution >= 0.6 is 0 Å². The highest BCUT2D eigenvalue weighted by atomic mass is 15.2. The second-order valence-electron chi connectivity index (χ2n) is 4.85. The Morgan fingerprint density at radius 1 is 1.47 bits per heavy atom. The zero-order valence-electron chi connectivity index (χ0n) is 9.76. The SMILES string of the molecule is N#Cc1cccnc1N1C[C@@H]2CCCN[C@@H]2C1. The lowest BCUT2D eigenvalue weighted by Gasteiger charge is -2.24. The van der Waals surface area contributed by atoms with Crippen LogP contribution < -0.4 is 10.2 Å². The summed E-state index contributed by atoms with van der Waals surface area (Å²) in [6.45, 7) is 3.14. The van der Waals surface area contributed by atoms with E-state index in [4.69, 9.17) is 5.26 Å². The molecule has 1 aromatic heterocycles. The van der Waals surface area contributed by atoms with E-state index in [1.54, 1.807) is 6.20 Å². The van der Waals surface area contributed by atoms with Gasteiger partial charge >= 0.3 is 0 Å². The van der Waals surface area contributed by atoms with Crippen LogP contribution in [0.15, 0.2) is 18.3 Å². The average molecular weight is 228 g/mol. The van der Waals surface area contributed by atoms with Crippen LogP contribution in [0.25, 0.3) is 0 Å². The molecule has 0 radical (unpaired) electrons. The standard InChI is InChI=1S/C13H16N4/c14-7-10-3-1-6-16-13(10)17-8-11-4-2-5-15-12(11)9-17/h1,3,6,11-12,15H,2,4-5,8-9H2/t11-,12+/m0/s1. The van der Waals surface area contributed by atoms with Gasteiger partial charge in [0.15, 0.2) is 0 Å². The molecule has 3 heterocycles. The Kier molecular flexibility index (Phi) is 2.69. The van der Waals surface area contributed by atoms with Crippen LogP contribution in [0.3, 0.4) is 0 Å². The minimum absolute atomic E-state index is 0.581. The molecule has 0 aliphatic carbocycles. The Morgan fingerprint density at radius 3 is 3.24 bits per heavy atom. The minimum atomic E-state index is 0.581. The molecule has 4 heteroatoms. The molecule has 4 nitrogen and oxygen atoms in total. The molecule has 3 rings (SSSR count). The van der Waals surface area contributed by atoms with E-state index in [1.807, 2.05) is 12.1 Å². The zero-order valence-corrected chi connectivity index (χ0v) is 9.76. The van der Waals surface area contributed by atoms with Crippen molar-refractivity contribution < 1.29 is 0 Å². The van der Waals surface area contributed by atoms with Crippen molar-refractivity contribution in [3.8, 4) is 6.07 Å². The molecular formula is C13H16N4. The summed E-state index contributed by atoms with van der Waals surface area (Å²) < 4.78 is 0. The first-order valence-electron chi connectivity index (χ1n) is 6.22. The van der Waals surface area contributed by atoms with Crippen LogP contribution in [0.1, 0.15) is 18.4 Å². The molecule has 0 saturated carbocycles. The Labute approximate surface area is 101 Å². The summed E-state index contributed by atoms with van der Waals surface area (Å²) in [5.41, 5.74) is 0.686. The molecule has 17 heavy (non-hydrogen) atoms. The third-order valence-electron chi connectivity index (χ3n) is 3.81. The summed E-state index contributed by atoms with van der Waals surface area (Å²) >= 11 is 0. The molecule has 2 saturated heterocycles. The summed E-state index contributed by atoms with van der Waals surface area (Å²) in [5, 5.41) is 12.7. The van der Waals surface area contributed by atoms with Gasteiger partial charge in [0.1, 0.15) is 11.9 Å². The van der Waals surface area contributed by atoms with Gasteiger partial charge in [-0.25, -0.2) is 4.98 Å². The smallest absolute Gasteiger partial charge is 0.146 e. The van der Waals surface area contributed by atoms with E-state index in [2.05, 4.69) is 21.3 Å². The molecule has 2 fully saturated rings. The number of nitrogens with one attached hydrogen (secondary N) is 1. The normalized spacial score (nSPS) is 27.6. The Balaban J connectivity index is 1.84. The fraction of sp³-hybridized carbons (Fsp3) is 0.538. The number of hydrogen-bond donors (Lipinski definition) is 1. The van der Waals surface area contributed by atoms with Crippen LogP contribution in [0.2, 0.25) is 0 Å². The van der Waals surface area contributed by atoms with Crippen molar-refractivity contribution in [1.82, 2.24) is 10.3 Å². The van der Waals surface area contributed by atoms with Gasteiger partial charge in [-0.2, -0.15) is 5.26 Å². The molecule has 2 aliphatic heterocycles. The predicted octanol–water partition coefficient (Wildman–Crippen LogP) is 1.14. The lowest BCUT2D eigenvalue weighted by Crippen LogP contribution is -2.40. The number of piperidine rings is 1. The van der Waals surface area contributed by atoms with Crippen LogP contribution in [0.5, 0.6) is 0 Å². The second-order valence-corrected chi connectivity index (χ2v) is 4.85. The average Bonchev–Trinajstić information content (AvgIpc) is 2.82. The molecule has 0 unspecified atom stereocenters. The molecule has 1 N–H and O–H groups in total. The molecule has 2 atom stereocenters. The van der Waals surface area contributed by atoms with E-state index in [9.17, 15) is 0 Å². The maximum Gasteiger partial charge on any atom is 0.146 e. The molecule has 0 aromatic carbocycles. The fourth-order valence-electron chi connectivity index (χ4n) is 2.96. The molecule has 88 valence electrons. The Bertz CT molecular complexity index is 437. The first-order chi connectivity index (χ1) is 8.38. The Morgan fingerprint density at radius 2 is 2.41 bits per heavy atom. The fourth-order valence-corrected chi connectivity index (χ4v) is 2.96. The molecule has 0 spiro atoms. The van der Waals surface area contributed by atoms with E-state index in [0.29, 0.717) is 11.6 Å². The minimum Gasteiger partial charge on any atom is -0.354 e. The number of nitrogens with zero attached hydrogens (tertiary/aromatic N) is 3. The van der Waals surface area contributed by atoms with Gasteiger partial charge in [-0.1, -0.05) is 0 Å². The molecule has 0 bridgehead atoms. The van der Waals surface area contributed by atoms with Gasteiger partial charge in [0.2, 0.25) is 0 Å². The second kappa shape index (κ2) is 4.34. The van der Waals surface area contributed by atoms with Crippen molar-refractivity contribution in [3.63, 3.8) is 0 Å². The highest BCUT2D eigenvalue weighted by molar-refractivity contribution is 5.54. The van der Waals surface area contributed by atoms with Crippen LogP contribution in [-0.4, -0.2) is 30.7 Å². The van der Waals surface area contributed by atoms with E-state index in [-0.39, 0.29) is 0 Å². The van der Waals surface area contributed by atoms with E-state index in [1.165, 1.54) is 12.8 Å². The third kappa shape index (κ3) is 1.87. The van der Waals surface area contributed by atoms with Crippen molar-refractivity contribution in [3.05, 3.63) is 23.9 Å². The summed E-state index contributed by atoms with van der Waals surface area (Å²) in [5.74, 6) is 1.57. The molecule has 1 aromatic rings. The highest BCUT2D eigenvalue weighted by Gasteiger charge is 2.35. The first kappa shape index (κ1) is 10.5. The monoisotopic (exact) mass is 228 g/mol. The lowest BCUT2D eigenvalue weighted by atomic mass is 9.94. The zero-order chi connectivity index (χ0) is 11.7. The van der Waals surface area contributed by atoms with E-state index >= 15 is 0 Å². The van der Waals surface area contributed by atoms with Gasteiger partial charge < -0.3 is 10.2 Å². The maximum atomic E-state index is 9.11. The van der Waals surface area contributed by atoms with Gasteiger partial charge in [-0.15, -0.1) is 0 Å². The number of aromatic nitrogens is 1. The van der Waals surface area contributed by atoms with Crippen LogP contribution in [-0.2, 0) is 0 Å². The number of hydrogen-bond acceptors (Lipinski definition) is 4. The summed E-state index contributed by atoms with van der Waals surface area (Å²) in [6.07, 6.45) is 4.33. The van der Waals surface area contributed by atoms with Crippen molar-refractivity contribution >= 4 is 5.82 Å². The van der Waals surface area contributed by atoms with Crippen molar-refractivity contribution in [2.45, 2.75) is 18.9 Å². The summed E-state index contributed by atoms with van der Waals surface area (Å²) in [4.78, 5) is 6.62. The van der Waals surface area contributed by atoms with Gasteiger partial charge in [-0.3, -0.25) is 0 Å². The predicted molar refractivity (Wildman–Crippen MR) is 65.7 cm³/mol. The maximum absolute atomic E-state index is 9.11. The number of pyridine rings is 1.